The summed E-state index contributed by atoms with van der Waals surface area (Å²) in [6.45, 7) is 1.87. The highest BCUT2D eigenvalue weighted by molar-refractivity contribution is 9.10. The number of halogens is 1. The topological polar surface area (TPSA) is 64.4 Å². The van der Waals surface area contributed by atoms with E-state index in [-0.39, 0.29) is 11.7 Å². The fraction of sp³-hybridized carbons (Fsp3) is 0.125. The minimum absolute atomic E-state index is 0.234. The summed E-state index contributed by atoms with van der Waals surface area (Å²) in [4.78, 5) is 16.7. The average Bonchev–Trinajstić information content (AvgIpc) is 2.93. The molecule has 0 aliphatic rings. The summed E-state index contributed by atoms with van der Waals surface area (Å²) in [6, 6.07) is 10.7. The molecule has 3 aromatic rings. The van der Waals surface area contributed by atoms with Crippen LogP contribution < -0.4 is 10.1 Å². The van der Waals surface area contributed by atoms with Crippen molar-refractivity contribution in [2.75, 3.05) is 12.4 Å². The molecule has 1 aromatic carbocycles. The molecule has 0 atom stereocenters. The molecule has 1 N–H and O–H groups in total. The first-order chi connectivity index (χ1) is 10.6. The van der Waals surface area contributed by atoms with Crippen molar-refractivity contribution in [1.29, 1.82) is 0 Å². The largest absolute Gasteiger partial charge is 0.494 e. The van der Waals surface area contributed by atoms with Crippen LogP contribution >= 0.6 is 15.9 Å². The van der Waals surface area contributed by atoms with Gasteiger partial charge in [-0.25, -0.2) is 4.98 Å². The molecule has 112 valence electrons. The van der Waals surface area contributed by atoms with Crippen molar-refractivity contribution >= 4 is 38.4 Å². The van der Waals surface area contributed by atoms with E-state index in [9.17, 15) is 4.79 Å². The van der Waals surface area contributed by atoms with Gasteiger partial charge in [-0.2, -0.15) is 0 Å². The first-order valence-electron chi connectivity index (χ1n) is 6.59. The average molecular weight is 361 g/mol. The molecule has 0 fully saturated rings. The third-order valence-corrected chi connectivity index (χ3v) is 3.62. The highest BCUT2D eigenvalue weighted by Gasteiger charge is 2.14. The van der Waals surface area contributed by atoms with Gasteiger partial charge in [-0.05, 0) is 47.1 Å². The van der Waals surface area contributed by atoms with Crippen LogP contribution in [0.5, 0.6) is 5.75 Å². The van der Waals surface area contributed by atoms with Crippen LogP contribution in [0.25, 0.3) is 10.9 Å². The van der Waals surface area contributed by atoms with Crippen LogP contribution in [-0.2, 0) is 0 Å². The predicted molar refractivity (Wildman–Crippen MR) is 87.4 cm³/mol. The number of aryl methyl sites for hydroxylation is 1. The van der Waals surface area contributed by atoms with Crippen molar-refractivity contribution in [1.82, 2.24) is 4.98 Å². The molecule has 0 aliphatic carbocycles. The Balaban J connectivity index is 2.05. The second-order valence-corrected chi connectivity index (χ2v) is 5.51. The van der Waals surface area contributed by atoms with E-state index in [1.54, 1.807) is 19.2 Å². The number of nitrogens with one attached hydrogen (secondary N) is 1. The number of carbonyl (C=O) groups is 1. The van der Waals surface area contributed by atoms with E-state index in [1.807, 2.05) is 31.2 Å². The Labute approximate surface area is 135 Å². The molecule has 0 saturated carbocycles. The first kappa shape index (κ1) is 14.6. The van der Waals surface area contributed by atoms with E-state index in [0.29, 0.717) is 21.6 Å². The number of ether oxygens (including phenoxy) is 1. The Hall–Kier alpha value is -2.34. The summed E-state index contributed by atoms with van der Waals surface area (Å²) in [5, 5.41) is 3.67. The van der Waals surface area contributed by atoms with Crippen LogP contribution in [0.4, 0.5) is 5.69 Å². The number of carbonyl (C=O) groups excluding carboxylic acids is 1. The van der Waals surface area contributed by atoms with Gasteiger partial charge < -0.3 is 14.5 Å². The van der Waals surface area contributed by atoms with Gasteiger partial charge in [0.05, 0.1) is 12.8 Å². The van der Waals surface area contributed by atoms with Gasteiger partial charge >= 0.3 is 0 Å². The Morgan fingerprint density at radius 2 is 2.14 bits per heavy atom. The van der Waals surface area contributed by atoms with E-state index in [4.69, 9.17) is 9.15 Å². The lowest BCUT2D eigenvalue weighted by Gasteiger charge is -2.11. The number of methoxy groups -OCH3 is 1. The lowest BCUT2D eigenvalue weighted by molar-refractivity contribution is 0.0995. The maximum atomic E-state index is 12.3. The van der Waals surface area contributed by atoms with Crippen molar-refractivity contribution in [2.24, 2.45) is 0 Å². The molecule has 5 nitrogen and oxygen atoms in total. The van der Waals surface area contributed by atoms with Crippen molar-refractivity contribution in [3.05, 3.63) is 52.5 Å². The van der Waals surface area contributed by atoms with Crippen LogP contribution in [0, 0.1) is 6.92 Å². The number of fused-ring (bicyclic) bond motifs is 1. The predicted octanol–water partition coefficient (Wildman–Crippen LogP) is 4.16. The van der Waals surface area contributed by atoms with Gasteiger partial charge in [0.25, 0.3) is 5.91 Å². The van der Waals surface area contributed by atoms with Crippen LogP contribution in [-0.4, -0.2) is 18.0 Å². The maximum absolute atomic E-state index is 12.3. The molecule has 3 rings (SSSR count). The molecule has 0 aliphatic heterocycles. The Bertz CT molecular complexity index is 858. The number of amides is 1. The lowest BCUT2D eigenvalue weighted by atomic mass is 10.1. The summed E-state index contributed by atoms with van der Waals surface area (Å²) in [7, 11) is 1.59. The van der Waals surface area contributed by atoms with Crippen molar-refractivity contribution in [3.8, 4) is 5.75 Å². The Kier molecular flexibility index (Phi) is 3.85. The minimum Gasteiger partial charge on any atom is -0.494 e. The Morgan fingerprint density at radius 1 is 1.32 bits per heavy atom. The number of furan rings is 1. The Morgan fingerprint density at radius 3 is 2.82 bits per heavy atom. The van der Waals surface area contributed by atoms with E-state index in [1.165, 1.54) is 0 Å². The normalized spacial score (nSPS) is 10.7. The monoisotopic (exact) mass is 360 g/mol. The van der Waals surface area contributed by atoms with Gasteiger partial charge in [0.15, 0.2) is 10.4 Å². The number of hydrogen-bond donors (Lipinski definition) is 1. The van der Waals surface area contributed by atoms with Crippen LogP contribution in [0.3, 0.4) is 0 Å². The summed E-state index contributed by atoms with van der Waals surface area (Å²) in [5.41, 5.74) is 2.16. The molecule has 6 heteroatoms. The maximum Gasteiger partial charge on any atom is 0.291 e. The summed E-state index contributed by atoms with van der Waals surface area (Å²) < 4.78 is 11.1. The van der Waals surface area contributed by atoms with Crippen LogP contribution in [0.1, 0.15) is 16.2 Å². The number of pyridine rings is 1. The molecular weight excluding hydrogens is 348 g/mol. The standard InChI is InChI=1S/C16H13BrN2O3/c1-9-8-11(19-16(20)13-6-7-14(17)22-13)10-4-3-5-12(21-2)15(10)18-9/h3-8H,1-2H3,(H,18,19,20). The van der Waals surface area contributed by atoms with Gasteiger partial charge in [-0.15, -0.1) is 0 Å². The van der Waals surface area contributed by atoms with Gasteiger partial charge in [0.1, 0.15) is 11.3 Å². The van der Waals surface area contributed by atoms with E-state index < -0.39 is 0 Å². The number of para-hydroxylation sites is 1. The third kappa shape index (κ3) is 2.69. The minimum atomic E-state index is -0.319. The van der Waals surface area contributed by atoms with Crippen molar-refractivity contribution in [2.45, 2.75) is 6.92 Å². The summed E-state index contributed by atoms with van der Waals surface area (Å²) in [5.74, 6) is 0.579. The highest BCUT2D eigenvalue weighted by atomic mass is 79.9. The molecular formula is C16H13BrN2O3. The summed E-state index contributed by atoms with van der Waals surface area (Å²) >= 11 is 3.18. The molecule has 22 heavy (non-hydrogen) atoms. The highest BCUT2D eigenvalue weighted by Crippen LogP contribution is 2.30. The molecule has 1 amide bonds. The first-order valence-corrected chi connectivity index (χ1v) is 7.39. The van der Waals surface area contributed by atoms with E-state index >= 15 is 0 Å². The van der Waals surface area contributed by atoms with E-state index in [0.717, 1.165) is 11.1 Å². The number of anilines is 1. The molecule has 2 heterocycles. The zero-order valence-electron chi connectivity index (χ0n) is 12.0. The van der Waals surface area contributed by atoms with Gasteiger partial charge in [0, 0.05) is 11.1 Å². The second-order valence-electron chi connectivity index (χ2n) is 4.73. The molecule has 0 bridgehead atoms. The fourth-order valence-electron chi connectivity index (χ4n) is 2.24. The molecule has 0 unspecified atom stereocenters. The summed E-state index contributed by atoms with van der Waals surface area (Å²) in [6.07, 6.45) is 0. The number of benzene rings is 1. The SMILES string of the molecule is COc1cccc2c(NC(=O)c3ccc(Br)o3)cc(C)nc12. The van der Waals surface area contributed by atoms with E-state index in [2.05, 4.69) is 26.2 Å². The molecule has 0 radical (unpaired) electrons. The number of rotatable bonds is 3. The quantitative estimate of drug-likeness (QED) is 0.761. The third-order valence-electron chi connectivity index (χ3n) is 3.20. The van der Waals surface area contributed by atoms with Crippen molar-refractivity contribution in [3.63, 3.8) is 0 Å². The van der Waals surface area contributed by atoms with Gasteiger partial charge in [-0.3, -0.25) is 4.79 Å². The lowest BCUT2D eigenvalue weighted by Crippen LogP contribution is -2.11. The molecule has 2 aromatic heterocycles. The van der Waals surface area contributed by atoms with Crippen molar-refractivity contribution < 1.29 is 13.9 Å². The smallest absolute Gasteiger partial charge is 0.291 e. The number of nitrogens with zero attached hydrogens (tertiary/aromatic N) is 1. The van der Waals surface area contributed by atoms with Gasteiger partial charge in [0.2, 0.25) is 0 Å². The number of hydrogen-bond acceptors (Lipinski definition) is 4. The zero-order chi connectivity index (χ0) is 15.7. The number of aromatic nitrogens is 1. The fourth-order valence-corrected chi connectivity index (χ4v) is 2.55. The van der Waals surface area contributed by atoms with Crippen LogP contribution in [0.2, 0.25) is 0 Å². The molecule has 0 spiro atoms. The zero-order valence-corrected chi connectivity index (χ0v) is 13.6. The van der Waals surface area contributed by atoms with Crippen LogP contribution in [0.15, 0.2) is 45.5 Å². The van der Waals surface area contributed by atoms with Gasteiger partial charge in [-0.1, -0.05) is 12.1 Å². The second kappa shape index (κ2) is 5.81. The molecule has 0 saturated heterocycles.